The molecular formula is C12H23N3O. The Morgan fingerprint density at radius 3 is 2.69 bits per heavy atom. The van der Waals surface area contributed by atoms with Crippen LogP contribution in [0.2, 0.25) is 0 Å². The number of nitrogens with one attached hydrogen (secondary N) is 2. The van der Waals surface area contributed by atoms with Gasteiger partial charge in [-0.15, -0.1) is 0 Å². The molecule has 0 spiro atoms. The van der Waals surface area contributed by atoms with E-state index in [0.29, 0.717) is 12.5 Å². The van der Waals surface area contributed by atoms with Crippen molar-refractivity contribution in [3.05, 3.63) is 0 Å². The molecule has 1 atom stereocenters. The second kappa shape index (κ2) is 5.64. The van der Waals surface area contributed by atoms with Gasteiger partial charge in [0.05, 0.1) is 6.54 Å². The summed E-state index contributed by atoms with van der Waals surface area (Å²) in [5.74, 6) is 1.64. The van der Waals surface area contributed by atoms with Crippen LogP contribution in [0.25, 0.3) is 0 Å². The minimum atomic E-state index is 0.148. The fourth-order valence-corrected chi connectivity index (χ4v) is 2.23. The van der Waals surface area contributed by atoms with E-state index in [4.69, 9.17) is 0 Å². The van der Waals surface area contributed by atoms with Crippen molar-refractivity contribution in [1.82, 2.24) is 15.5 Å². The Balaban J connectivity index is 1.49. The minimum absolute atomic E-state index is 0.148. The number of hydrogen-bond donors (Lipinski definition) is 2. The van der Waals surface area contributed by atoms with Gasteiger partial charge in [0.15, 0.2) is 0 Å². The zero-order chi connectivity index (χ0) is 11.4. The molecule has 1 amide bonds. The smallest absolute Gasteiger partial charge is 0.233 e. The number of nitrogens with zero attached hydrogens (tertiary/aromatic N) is 1. The fourth-order valence-electron chi connectivity index (χ4n) is 2.23. The molecule has 4 heteroatoms. The highest BCUT2D eigenvalue weighted by molar-refractivity contribution is 5.77. The molecule has 2 fully saturated rings. The van der Waals surface area contributed by atoms with Crippen molar-refractivity contribution in [2.45, 2.75) is 19.3 Å². The molecule has 2 aliphatic rings. The molecule has 0 aromatic heterocycles. The summed E-state index contributed by atoms with van der Waals surface area (Å²) in [5, 5.41) is 6.22. The van der Waals surface area contributed by atoms with E-state index in [-0.39, 0.29) is 5.91 Å². The molecule has 92 valence electrons. The first-order chi connectivity index (χ1) is 7.74. The van der Waals surface area contributed by atoms with Crippen LogP contribution in [-0.4, -0.2) is 50.6 Å². The maximum atomic E-state index is 11.5. The molecule has 1 saturated carbocycles. The first kappa shape index (κ1) is 11.9. The van der Waals surface area contributed by atoms with Crippen LogP contribution < -0.4 is 10.6 Å². The van der Waals surface area contributed by atoms with Crippen molar-refractivity contribution in [1.29, 1.82) is 0 Å². The van der Waals surface area contributed by atoms with Crippen LogP contribution in [0, 0.1) is 11.8 Å². The summed E-state index contributed by atoms with van der Waals surface area (Å²) >= 11 is 0. The molecule has 1 heterocycles. The van der Waals surface area contributed by atoms with Gasteiger partial charge in [0, 0.05) is 13.1 Å². The van der Waals surface area contributed by atoms with E-state index in [2.05, 4.69) is 22.6 Å². The van der Waals surface area contributed by atoms with Gasteiger partial charge in [-0.1, -0.05) is 0 Å². The van der Waals surface area contributed by atoms with Gasteiger partial charge in [0.1, 0.15) is 0 Å². The molecular weight excluding hydrogens is 202 g/mol. The SMILES string of the molecule is CN1CCC(CNC(=O)CNCC2CC2)C1. The Kier molecular flexibility index (Phi) is 4.18. The highest BCUT2D eigenvalue weighted by atomic mass is 16.1. The average molecular weight is 225 g/mol. The molecule has 4 nitrogen and oxygen atoms in total. The molecule has 1 unspecified atom stereocenters. The molecule has 2 rings (SSSR count). The maximum Gasteiger partial charge on any atom is 0.233 e. The van der Waals surface area contributed by atoms with Crippen LogP contribution in [0.5, 0.6) is 0 Å². The van der Waals surface area contributed by atoms with Gasteiger partial charge in [0.25, 0.3) is 0 Å². The maximum absolute atomic E-state index is 11.5. The first-order valence-corrected chi connectivity index (χ1v) is 6.40. The van der Waals surface area contributed by atoms with Crippen molar-refractivity contribution in [2.24, 2.45) is 11.8 Å². The zero-order valence-electron chi connectivity index (χ0n) is 10.2. The zero-order valence-corrected chi connectivity index (χ0v) is 10.2. The Labute approximate surface area is 97.8 Å². The second-order valence-corrected chi connectivity index (χ2v) is 5.30. The number of amides is 1. The summed E-state index contributed by atoms with van der Waals surface area (Å²) in [6.07, 6.45) is 3.89. The first-order valence-electron chi connectivity index (χ1n) is 6.40. The monoisotopic (exact) mass is 225 g/mol. The summed E-state index contributed by atoms with van der Waals surface area (Å²) in [4.78, 5) is 13.8. The summed E-state index contributed by atoms with van der Waals surface area (Å²) in [6.45, 7) is 4.63. The number of rotatable bonds is 6. The molecule has 0 aromatic carbocycles. The predicted octanol–water partition coefficient (Wildman–Crippen LogP) is 0.0539. The number of carbonyl (C=O) groups is 1. The van der Waals surface area contributed by atoms with Crippen molar-refractivity contribution in [3.63, 3.8) is 0 Å². The minimum Gasteiger partial charge on any atom is -0.355 e. The van der Waals surface area contributed by atoms with E-state index in [1.54, 1.807) is 0 Å². The van der Waals surface area contributed by atoms with Gasteiger partial charge in [-0.3, -0.25) is 4.79 Å². The van der Waals surface area contributed by atoms with Crippen LogP contribution in [0.15, 0.2) is 0 Å². The van der Waals surface area contributed by atoms with Crippen LogP contribution in [0.1, 0.15) is 19.3 Å². The lowest BCUT2D eigenvalue weighted by atomic mass is 10.1. The van der Waals surface area contributed by atoms with Gasteiger partial charge in [-0.2, -0.15) is 0 Å². The van der Waals surface area contributed by atoms with E-state index >= 15 is 0 Å². The molecule has 1 saturated heterocycles. The third kappa shape index (κ3) is 4.10. The topological polar surface area (TPSA) is 44.4 Å². The summed E-state index contributed by atoms with van der Waals surface area (Å²) in [5.41, 5.74) is 0. The quantitative estimate of drug-likeness (QED) is 0.671. The van der Waals surface area contributed by atoms with Gasteiger partial charge < -0.3 is 15.5 Å². The Hall–Kier alpha value is -0.610. The summed E-state index contributed by atoms with van der Waals surface area (Å²) in [6, 6.07) is 0. The van der Waals surface area contributed by atoms with E-state index in [1.807, 2.05) is 0 Å². The van der Waals surface area contributed by atoms with Crippen molar-refractivity contribution in [3.8, 4) is 0 Å². The van der Waals surface area contributed by atoms with Gasteiger partial charge in [-0.05, 0) is 51.2 Å². The Morgan fingerprint density at radius 1 is 1.25 bits per heavy atom. The second-order valence-electron chi connectivity index (χ2n) is 5.30. The van der Waals surface area contributed by atoms with Crippen molar-refractivity contribution in [2.75, 3.05) is 39.8 Å². The lowest BCUT2D eigenvalue weighted by Gasteiger charge is -2.11. The molecule has 0 aromatic rings. The summed E-state index contributed by atoms with van der Waals surface area (Å²) in [7, 11) is 2.14. The number of carbonyl (C=O) groups excluding carboxylic acids is 1. The van der Waals surface area contributed by atoms with Gasteiger partial charge >= 0.3 is 0 Å². The highest BCUT2D eigenvalue weighted by Crippen LogP contribution is 2.27. The fraction of sp³-hybridized carbons (Fsp3) is 0.917. The van der Waals surface area contributed by atoms with E-state index < -0.39 is 0 Å². The normalized spacial score (nSPS) is 25.9. The Bertz CT molecular complexity index is 240. The lowest BCUT2D eigenvalue weighted by molar-refractivity contribution is -0.120. The van der Waals surface area contributed by atoms with E-state index in [9.17, 15) is 4.79 Å². The van der Waals surface area contributed by atoms with Crippen LogP contribution >= 0.6 is 0 Å². The third-order valence-corrected chi connectivity index (χ3v) is 3.49. The molecule has 1 aliphatic carbocycles. The standard InChI is InChI=1S/C12H23N3O/c1-15-5-4-11(9-15)7-14-12(16)8-13-6-10-2-3-10/h10-11,13H,2-9H2,1H3,(H,14,16). The Morgan fingerprint density at radius 2 is 2.06 bits per heavy atom. The summed E-state index contributed by atoms with van der Waals surface area (Å²) < 4.78 is 0. The predicted molar refractivity (Wildman–Crippen MR) is 64.2 cm³/mol. The van der Waals surface area contributed by atoms with Crippen LogP contribution in [0.4, 0.5) is 0 Å². The molecule has 0 bridgehead atoms. The van der Waals surface area contributed by atoms with Crippen LogP contribution in [-0.2, 0) is 4.79 Å². The van der Waals surface area contributed by atoms with E-state index in [1.165, 1.54) is 25.8 Å². The van der Waals surface area contributed by atoms with Crippen molar-refractivity contribution >= 4 is 5.91 Å². The van der Waals surface area contributed by atoms with Crippen molar-refractivity contribution < 1.29 is 4.79 Å². The van der Waals surface area contributed by atoms with Gasteiger partial charge in [0.2, 0.25) is 5.91 Å². The highest BCUT2D eigenvalue weighted by Gasteiger charge is 2.21. The largest absolute Gasteiger partial charge is 0.355 e. The van der Waals surface area contributed by atoms with Crippen LogP contribution in [0.3, 0.4) is 0 Å². The molecule has 0 radical (unpaired) electrons. The lowest BCUT2D eigenvalue weighted by Crippen LogP contribution is -2.37. The molecule has 16 heavy (non-hydrogen) atoms. The van der Waals surface area contributed by atoms with E-state index in [0.717, 1.165) is 25.6 Å². The molecule has 2 N–H and O–H groups in total. The van der Waals surface area contributed by atoms with Gasteiger partial charge in [-0.25, -0.2) is 0 Å². The number of likely N-dealkylation sites (tertiary alicyclic amines) is 1. The average Bonchev–Trinajstić information content (AvgIpc) is 2.98. The third-order valence-electron chi connectivity index (χ3n) is 3.49. The molecule has 1 aliphatic heterocycles. The number of hydrogen-bond acceptors (Lipinski definition) is 3.